The summed E-state index contributed by atoms with van der Waals surface area (Å²) in [7, 11) is -9.12. The van der Waals surface area contributed by atoms with Gasteiger partial charge in [0.15, 0.2) is 5.78 Å². The van der Waals surface area contributed by atoms with Gasteiger partial charge >= 0.3 is 0 Å². The summed E-state index contributed by atoms with van der Waals surface area (Å²) in [5.41, 5.74) is 15.6. The van der Waals surface area contributed by atoms with Crippen molar-refractivity contribution in [2.45, 2.75) is 4.90 Å². The molecule has 0 atom stereocenters. The van der Waals surface area contributed by atoms with Crippen molar-refractivity contribution in [2.75, 3.05) is 11.2 Å². The maximum absolute atomic E-state index is 12.7. The Morgan fingerprint density at radius 3 is 2.02 bits per heavy atom. The number of allylic oxidation sites excluding steroid dienone is 6. The number of ketones is 1. The van der Waals surface area contributed by atoms with Crippen LogP contribution < -0.4 is 16.6 Å². The highest BCUT2D eigenvalue weighted by molar-refractivity contribution is 7.90. The van der Waals surface area contributed by atoms with Crippen LogP contribution in [0.3, 0.4) is 0 Å². The van der Waals surface area contributed by atoms with Gasteiger partial charge in [-0.1, -0.05) is 54.6 Å². The van der Waals surface area contributed by atoms with E-state index in [2.05, 4.69) is 21.1 Å². The lowest BCUT2D eigenvalue weighted by Gasteiger charge is -2.22. The molecule has 47 heavy (non-hydrogen) atoms. The Labute approximate surface area is 268 Å². The molecule has 4 aromatic carbocycles. The van der Waals surface area contributed by atoms with Gasteiger partial charge < -0.3 is 11.2 Å². The average Bonchev–Trinajstić information content (AvgIpc) is 3.03. The molecular weight excluding hydrogens is 645 g/mol. The van der Waals surface area contributed by atoms with Crippen molar-refractivity contribution in [1.29, 1.82) is 5.41 Å². The third kappa shape index (κ3) is 6.36. The fraction of sp³-hybridized carbons (Fsp3) is 0. The van der Waals surface area contributed by atoms with Crippen LogP contribution in [0.4, 0.5) is 22.7 Å². The van der Waals surface area contributed by atoms with E-state index in [-0.39, 0.29) is 44.2 Å². The normalized spacial score (nSPS) is 15.1. The number of fused-ring (bicyclic) bond motifs is 2. The molecule has 4 aromatic rings. The first-order valence-electron chi connectivity index (χ1n) is 13.7. The van der Waals surface area contributed by atoms with Gasteiger partial charge in [-0.25, -0.2) is 0 Å². The van der Waals surface area contributed by atoms with Crippen LogP contribution in [0.5, 0.6) is 0 Å². The molecular formula is C32H24N6O7S2. The number of nitrogens with two attached hydrogens (primary N) is 1. The molecule has 2 aliphatic carbocycles. The number of anilines is 2. The molecule has 7 N–H and O–H groups in total. The van der Waals surface area contributed by atoms with Crippen molar-refractivity contribution in [3.8, 4) is 11.1 Å². The standard InChI is InChI=1S/C32H24N6O7S2/c33-26-14-9-20-15-23(46(40,41)42)16-28(39)30(20)32(26)38-36-22-12-7-19(8-13-22)18-5-10-21(11-6-18)35-37-27-17-29(47(43,44)45)24-3-1-2-4-25(24)31(27)34/h1-17,33,36,38H,34H2,(H,40,41,42)(H,43,44,45). The van der Waals surface area contributed by atoms with Gasteiger partial charge in [-0.05, 0) is 59.2 Å². The fourth-order valence-corrected chi connectivity index (χ4v) is 6.29. The molecule has 0 spiro atoms. The summed E-state index contributed by atoms with van der Waals surface area (Å²) >= 11 is 0. The Balaban J connectivity index is 1.17. The first-order valence-corrected chi connectivity index (χ1v) is 16.6. The number of nitrogens with one attached hydrogen (secondary N) is 3. The molecule has 6 rings (SSSR count). The summed E-state index contributed by atoms with van der Waals surface area (Å²) in [6.45, 7) is 0. The number of azo groups is 1. The molecule has 0 aliphatic heterocycles. The molecule has 0 radical (unpaired) electrons. The van der Waals surface area contributed by atoms with Gasteiger partial charge in [0.05, 0.1) is 38.9 Å². The molecule has 0 saturated heterocycles. The number of rotatable bonds is 8. The quantitative estimate of drug-likeness (QED) is 0.0573. The van der Waals surface area contributed by atoms with Gasteiger partial charge in [0.2, 0.25) is 0 Å². The smallest absolute Gasteiger partial charge is 0.295 e. The van der Waals surface area contributed by atoms with Crippen molar-refractivity contribution < 1.29 is 30.7 Å². The largest absolute Gasteiger partial charge is 0.396 e. The third-order valence-corrected chi connectivity index (χ3v) is 9.07. The summed E-state index contributed by atoms with van der Waals surface area (Å²) in [4.78, 5) is 11.9. The molecule has 0 bridgehead atoms. The van der Waals surface area contributed by atoms with Gasteiger partial charge in [-0.2, -0.15) is 21.9 Å². The number of hydrogen-bond donors (Lipinski definition) is 6. The van der Waals surface area contributed by atoms with Gasteiger partial charge in [-0.15, -0.1) is 5.11 Å². The Kier molecular flexibility index (Phi) is 7.90. The van der Waals surface area contributed by atoms with E-state index in [1.165, 1.54) is 18.2 Å². The summed E-state index contributed by atoms with van der Waals surface area (Å²) < 4.78 is 66.1. The van der Waals surface area contributed by atoms with Crippen molar-refractivity contribution in [3.63, 3.8) is 0 Å². The van der Waals surface area contributed by atoms with Crippen molar-refractivity contribution >= 4 is 65.3 Å². The lowest BCUT2D eigenvalue weighted by atomic mass is 9.89. The average molecular weight is 669 g/mol. The number of carbonyl (C=O) groups excluding carboxylic acids is 1. The fourth-order valence-electron chi connectivity index (χ4n) is 5.04. The van der Waals surface area contributed by atoms with E-state index in [4.69, 9.17) is 11.1 Å². The van der Waals surface area contributed by atoms with Crippen molar-refractivity contribution in [1.82, 2.24) is 5.43 Å². The predicted octanol–water partition coefficient (Wildman–Crippen LogP) is 5.79. The van der Waals surface area contributed by atoms with Crippen LogP contribution in [0.2, 0.25) is 0 Å². The highest BCUT2D eigenvalue weighted by Gasteiger charge is 2.29. The maximum Gasteiger partial charge on any atom is 0.295 e. The van der Waals surface area contributed by atoms with Crippen LogP contribution in [0, 0.1) is 5.41 Å². The second kappa shape index (κ2) is 11.9. The number of hydrazine groups is 1. The third-order valence-electron chi connectivity index (χ3n) is 7.35. The van der Waals surface area contributed by atoms with E-state index in [1.807, 2.05) is 24.3 Å². The second-order valence-electron chi connectivity index (χ2n) is 10.4. The summed E-state index contributed by atoms with van der Waals surface area (Å²) in [5.74, 6) is -0.671. The predicted molar refractivity (Wildman–Crippen MR) is 178 cm³/mol. The number of nitrogens with zero attached hydrogens (tertiary/aromatic N) is 2. The lowest BCUT2D eigenvalue weighted by molar-refractivity contribution is -0.111. The Morgan fingerprint density at radius 1 is 0.745 bits per heavy atom. The SMILES string of the molecule is N=C1C=CC2=CC(S(=O)(=O)O)=CC(=O)C2=C1NNc1ccc(-c2ccc(N=Nc3cc(S(=O)(=O)O)c4ccccc4c3N)cc2)cc1. The summed E-state index contributed by atoms with van der Waals surface area (Å²) in [6, 6.07) is 22.0. The van der Waals surface area contributed by atoms with E-state index >= 15 is 0 Å². The van der Waals surface area contributed by atoms with E-state index in [0.29, 0.717) is 16.8 Å². The maximum atomic E-state index is 12.7. The lowest BCUT2D eigenvalue weighted by Crippen LogP contribution is -2.31. The minimum atomic E-state index is -4.58. The topological polar surface area (TPSA) is 224 Å². The van der Waals surface area contributed by atoms with E-state index in [1.54, 1.807) is 48.5 Å². The molecule has 0 aromatic heterocycles. The van der Waals surface area contributed by atoms with Crippen molar-refractivity contribution in [2.24, 2.45) is 10.2 Å². The molecule has 13 nitrogen and oxygen atoms in total. The molecule has 0 unspecified atom stereocenters. The van der Waals surface area contributed by atoms with E-state index in [9.17, 15) is 30.7 Å². The van der Waals surface area contributed by atoms with Crippen LogP contribution in [-0.4, -0.2) is 37.4 Å². The van der Waals surface area contributed by atoms with Crippen LogP contribution in [0.25, 0.3) is 21.9 Å². The zero-order valence-electron chi connectivity index (χ0n) is 24.0. The minimum absolute atomic E-state index is 0.00210. The van der Waals surface area contributed by atoms with E-state index in [0.717, 1.165) is 23.3 Å². The van der Waals surface area contributed by atoms with Crippen LogP contribution in [-0.2, 0) is 25.0 Å². The summed E-state index contributed by atoms with van der Waals surface area (Å²) in [5, 5.41) is 17.3. The van der Waals surface area contributed by atoms with Gasteiger partial charge in [0.1, 0.15) is 10.6 Å². The van der Waals surface area contributed by atoms with Crippen LogP contribution in [0.15, 0.2) is 140 Å². The zero-order valence-corrected chi connectivity index (χ0v) is 25.7. The molecule has 0 heterocycles. The molecule has 0 saturated carbocycles. The first-order chi connectivity index (χ1) is 22.3. The molecule has 236 valence electrons. The van der Waals surface area contributed by atoms with E-state index < -0.39 is 30.9 Å². The highest BCUT2D eigenvalue weighted by atomic mass is 32.2. The van der Waals surface area contributed by atoms with Crippen LogP contribution >= 0.6 is 0 Å². The van der Waals surface area contributed by atoms with Crippen molar-refractivity contribution in [3.05, 3.63) is 125 Å². The number of carbonyl (C=O) groups is 1. The molecule has 15 heteroatoms. The number of hydrogen-bond acceptors (Lipinski definition) is 11. The number of nitrogen functional groups attached to an aromatic ring is 1. The Hall–Kier alpha value is -5.74. The van der Waals surface area contributed by atoms with Gasteiger partial charge in [0.25, 0.3) is 20.2 Å². The van der Waals surface area contributed by atoms with Gasteiger partial charge in [-0.3, -0.25) is 24.7 Å². The monoisotopic (exact) mass is 668 g/mol. The van der Waals surface area contributed by atoms with Gasteiger partial charge in [0, 0.05) is 16.8 Å². The van der Waals surface area contributed by atoms with Crippen LogP contribution in [0.1, 0.15) is 0 Å². The Morgan fingerprint density at radius 2 is 1.38 bits per heavy atom. The number of benzene rings is 4. The summed E-state index contributed by atoms with van der Waals surface area (Å²) in [6.07, 6.45) is 4.80. The molecule has 0 fully saturated rings. The highest BCUT2D eigenvalue weighted by Crippen LogP contribution is 2.37. The first kappa shape index (κ1) is 31.3. The minimum Gasteiger partial charge on any atom is -0.396 e. The second-order valence-corrected chi connectivity index (χ2v) is 13.2. The molecule has 0 amide bonds. The molecule has 2 aliphatic rings. The zero-order chi connectivity index (χ0) is 33.5. The Bertz CT molecular complexity index is 2380.